The van der Waals surface area contributed by atoms with Gasteiger partial charge in [-0.05, 0) is 49.1 Å². The topological polar surface area (TPSA) is 54.0 Å². The van der Waals surface area contributed by atoms with Gasteiger partial charge in [-0.3, -0.25) is 15.1 Å². The van der Waals surface area contributed by atoms with Crippen molar-refractivity contribution in [2.24, 2.45) is 0 Å². The molecular formula is C18H20FN3O. The zero-order valence-corrected chi connectivity index (χ0v) is 12.9. The van der Waals surface area contributed by atoms with Gasteiger partial charge in [0, 0.05) is 11.7 Å². The lowest BCUT2D eigenvalue weighted by molar-refractivity contribution is -0.121. The summed E-state index contributed by atoms with van der Waals surface area (Å²) in [7, 11) is 0. The highest BCUT2D eigenvalue weighted by Crippen LogP contribution is 2.41. The Kier molecular flexibility index (Phi) is 4.67. The first-order valence-corrected chi connectivity index (χ1v) is 7.86. The van der Waals surface area contributed by atoms with E-state index in [0.29, 0.717) is 6.54 Å². The number of amides is 1. The molecule has 2 N–H and O–H groups in total. The van der Waals surface area contributed by atoms with Crippen LogP contribution in [-0.2, 0) is 16.9 Å². The van der Waals surface area contributed by atoms with Gasteiger partial charge in [0.15, 0.2) is 0 Å². The van der Waals surface area contributed by atoms with Crippen LogP contribution in [-0.4, -0.2) is 17.4 Å². The van der Waals surface area contributed by atoms with Crippen molar-refractivity contribution in [3.05, 3.63) is 65.7 Å². The van der Waals surface area contributed by atoms with Crippen LogP contribution >= 0.6 is 0 Å². The predicted molar refractivity (Wildman–Crippen MR) is 86.0 cm³/mol. The second-order valence-electron chi connectivity index (χ2n) is 5.89. The molecule has 1 heterocycles. The SMILES string of the molecule is O=C(CNC1(c2ccc(F)cc2)CCC1)NCc1ccccn1. The van der Waals surface area contributed by atoms with Gasteiger partial charge < -0.3 is 5.32 Å². The normalized spacial score (nSPS) is 15.7. The summed E-state index contributed by atoms with van der Waals surface area (Å²) < 4.78 is 13.1. The number of hydrogen-bond acceptors (Lipinski definition) is 3. The molecule has 0 saturated heterocycles. The van der Waals surface area contributed by atoms with Gasteiger partial charge in [0.1, 0.15) is 5.82 Å². The number of halogens is 1. The van der Waals surface area contributed by atoms with E-state index in [1.807, 2.05) is 18.2 Å². The van der Waals surface area contributed by atoms with Crippen LogP contribution in [0.3, 0.4) is 0 Å². The molecule has 1 aliphatic rings. The van der Waals surface area contributed by atoms with Crippen LogP contribution in [0.4, 0.5) is 4.39 Å². The standard InChI is InChI=1S/C18H20FN3O/c19-15-7-5-14(6-8-15)18(9-3-10-18)22-13-17(23)21-12-16-4-1-2-11-20-16/h1-2,4-8,11,22H,3,9-10,12-13H2,(H,21,23). The van der Waals surface area contributed by atoms with Gasteiger partial charge in [0.25, 0.3) is 0 Å². The number of nitrogens with zero attached hydrogens (tertiary/aromatic N) is 1. The molecule has 4 nitrogen and oxygen atoms in total. The number of nitrogens with one attached hydrogen (secondary N) is 2. The number of benzene rings is 1. The fourth-order valence-electron chi connectivity index (χ4n) is 2.87. The molecular weight excluding hydrogens is 293 g/mol. The lowest BCUT2D eigenvalue weighted by atomic mass is 9.72. The van der Waals surface area contributed by atoms with E-state index < -0.39 is 0 Å². The fourth-order valence-corrected chi connectivity index (χ4v) is 2.87. The molecule has 1 saturated carbocycles. The summed E-state index contributed by atoms with van der Waals surface area (Å²) in [6, 6.07) is 12.2. The van der Waals surface area contributed by atoms with E-state index in [4.69, 9.17) is 0 Å². The second kappa shape index (κ2) is 6.87. The van der Waals surface area contributed by atoms with Crippen molar-refractivity contribution in [1.29, 1.82) is 0 Å². The first-order valence-electron chi connectivity index (χ1n) is 7.86. The molecule has 2 aromatic rings. The Bertz CT molecular complexity index is 654. The summed E-state index contributed by atoms with van der Waals surface area (Å²) in [5, 5.41) is 6.21. The molecule has 0 aliphatic heterocycles. The molecule has 3 rings (SSSR count). The number of carbonyl (C=O) groups is 1. The number of aromatic nitrogens is 1. The van der Waals surface area contributed by atoms with E-state index >= 15 is 0 Å². The third-order valence-electron chi connectivity index (χ3n) is 4.38. The molecule has 1 aromatic heterocycles. The monoisotopic (exact) mass is 313 g/mol. The molecule has 1 amide bonds. The maximum atomic E-state index is 13.1. The number of pyridine rings is 1. The molecule has 0 unspecified atom stereocenters. The van der Waals surface area contributed by atoms with Crippen LogP contribution in [0.25, 0.3) is 0 Å². The highest BCUT2D eigenvalue weighted by Gasteiger charge is 2.38. The van der Waals surface area contributed by atoms with Crippen molar-refractivity contribution >= 4 is 5.91 Å². The van der Waals surface area contributed by atoms with Gasteiger partial charge in [0.2, 0.25) is 5.91 Å². The van der Waals surface area contributed by atoms with E-state index in [9.17, 15) is 9.18 Å². The lowest BCUT2D eigenvalue weighted by Crippen LogP contribution is -2.51. The summed E-state index contributed by atoms with van der Waals surface area (Å²) in [6.45, 7) is 0.662. The minimum Gasteiger partial charge on any atom is -0.349 e. The number of rotatable bonds is 6. The molecule has 23 heavy (non-hydrogen) atoms. The van der Waals surface area contributed by atoms with Crippen LogP contribution in [0.15, 0.2) is 48.7 Å². The van der Waals surface area contributed by atoms with Crippen LogP contribution in [0.1, 0.15) is 30.5 Å². The van der Waals surface area contributed by atoms with Crippen LogP contribution in [0, 0.1) is 5.82 Å². The molecule has 0 spiro atoms. The summed E-state index contributed by atoms with van der Waals surface area (Å²) in [4.78, 5) is 16.2. The van der Waals surface area contributed by atoms with Gasteiger partial charge in [-0.2, -0.15) is 0 Å². The van der Waals surface area contributed by atoms with E-state index in [-0.39, 0.29) is 23.8 Å². The Labute approximate surface area is 135 Å². The van der Waals surface area contributed by atoms with Gasteiger partial charge >= 0.3 is 0 Å². The van der Waals surface area contributed by atoms with E-state index in [1.54, 1.807) is 18.3 Å². The Morgan fingerprint density at radius 3 is 2.57 bits per heavy atom. The van der Waals surface area contributed by atoms with Crippen molar-refractivity contribution in [3.63, 3.8) is 0 Å². The van der Waals surface area contributed by atoms with E-state index in [2.05, 4.69) is 15.6 Å². The maximum Gasteiger partial charge on any atom is 0.234 e. The highest BCUT2D eigenvalue weighted by atomic mass is 19.1. The minimum absolute atomic E-state index is 0.0657. The summed E-state index contributed by atoms with van der Waals surface area (Å²) in [5.41, 5.74) is 1.68. The zero-order chi connectivity index (χ0) is 16.1. The molecule has 5 heteroatoms. The molecule has 0 bridgehead atoms. The van der Waals surface area contributed by atoms with Crippen molar-refractivity contribution < 1.29 is 9.18 Å². The number of carbonyl (C=O) groups excluding carboxylic acids is 1. The first kappa shape index (κ1) is 15.6. The van der Waals surface area contributed by atoms with Crippen molar-refractivity contribution in [1.82, 2.24) is 15.6 Å². The third kappa shape index (κ3) is 3.74. The van der Waals surface area contributed by atoms with Gasteiger partial charge in [-0.15, -0.1) is 0 Å². The average molecular weight is 313 g/mol. The maximum absolute atomic E-state index is 13.1. The van der Waals surface area contributed by atoms with Crippen LogP contribution < -0.4 is 10.6 Å². The predicted octanol–water partition coefficient (Wildman–Crippen LogP) is 2.51. The van der Waals surface area contributed by atoms with Crippen molar-refractivity contribution in [3.8, 4) is 0 Å². The average Bonchev–Trinajstić information content (AvgIpc) is 2.54. The molecule has 1 fully saturated rings. The largest absolute Gasteiger partial charge is 0.349 e. The third-order valence-corrected chi connectivity index (χ3v) is 4.38. The molecule has 1 aliphatic carbocycles. The molecule has 0 atom stereocenters. The fraction of sp³-hybridized carbons (Fsp3) is 0.333. The van der Waals surface area contributed by atoms with E-state index in [1.165, 1.54) is 12.1 Å². The van der Waals surface area contributed by atoms with Crippen molar-refractivity contribution in [2.45, 2.75) is 31.3 Å². The molecule has 120 valence electrons. The Morgan fingerprint density at radius 2 is 1.96 bits per heavy atom. The highest BCUT2D eigenvalue weighted by molar-refractivity contribution is 5.78. The lowest BCUT2D eigenvalue weighted by Gasteiger charge is -2.43. The smallest absolute Gasteiger partial charge is 0.234 e. The van der Waals surface area contributed by atoms with Crippen LogP contribution in [0.5, 0.6) is 0 Å². The van der Waals surface area contributed by atoms with Gasteiger partial charge in [-0.25, -0.2) is 4.39 Å². The minimum atomic E-state index is -0.240. The number of hydrogen-bond donors (Lipinski definition) is 2. The molecule has 0 radical (unpaired) electrons. The summed E-state index contributed by atoms with van der Waals surface area (Å²) >= 11 is 0. The Balaban J connectivity index is 1.53. The molecule has 1 aromatic carbocycles. The Morgan fingerprint density at radius 1 is 1.17 bits per heavy atom. The van der Waals surface area contributed by atoms with Crippen LogP contribution in [0.2, 0.25) is 0 Å². The Hall–Kier alpha value is -2.27. The summed E-state index contributed by atoms with van der Waals surface area (Å²) in [5.74, 6) is -0.305. The van der Waals surface area contributed by atoms with Gasteiger partial charge in [0.05, 0.1) is 18.8 Å². The van der Waals surface area contributed by atoms with E-state index in [0.717, 1.165) is 30.5 Å². The van der Waals surface area contributed by atoms with Crippen molar-refractivity contribution in [2.75, 3.05) is 6.54 Å². The van der Waals surface area contributed by atoms with Gasteiger partial charge in [-0.1, -0.05) is 18.2 Å². The quantitative estimate of drug-likeness (QED) is 0.861. The summed E-state index contributed by atoms with van der Waals surface area (Å²) in [6.07, 6.45) is 4.75. The zero-order valence-electron chi connectivity index (χ0n) is 12.9. The first-order chi connectivity index (χ1) is 11.2. The second-order valence-corrected chi connectivity index (χ2v) is 5.89.